The van der Waals surface area contributed by atoms with Crippen LogP contribution in [0, 0.1) is 0 Å². The molecule has 0 heterocycles. The minimum Gasteiger partial charge on any atom is -0.372 e. The number of alkyl halides is 2. The van der Waals surface area contributed by atoms with Gasteiger partial charge >= 0.3 is 0 Å². The van der Waals surface area contributed by atoms with Crippen LogP contribution in [0.3, 0.4) is 0 Å². The lowest BCUT2D eigenvalue weighted by molar-refractivity contribution is -0.0377. The van der Waals surface area contributed by atoms with Gasteiger partial charge in [-0.25, -0.2) is 8.78 Å². The number of hydrogen-bond acceptors (Lipinski definition) is 1. The highest BCUT2D eigenvalue weighted by Gasteiger charge is 2.36. The molecule has 1 aliphatic rings. The molecule has 0 atom stereocenters. The minimum absolute atomic E-state index is 0.0245. The van der Waals surface area contributed by atoms with Gasteiger partial charge in [0.15, 0.2) is 0 Å². The van der Waals surface area contributed by atoms with Crippen LogP contribution in [0.25, 0.3) is 0 Å². The average Bonchev–Trinajstić information content (AvgIpc) is 2.39. The maximum atomic E-state index is 13.2. The topological polar surface area (TPSA) is 3.24 Å². The first kappa shape index (κ1) is 14.3. The second kappa shape index (κ2) is 5.89. The number of halogens is 2. The van der Waals surface area contributed by atoms with Gasteiger partial charge in [0.05, 0.1) is 0 Å². The van der Waals surface area contributed by atoms with E-state index in [1.807, 2.05) is 7.05 Å². The minimum atomic E-state index is -2.44. The van der Waals surface area contributed by atoms with Crippen molar-refractivity contribution < 1.29 is 8.78 Å². The van der Waals surface area contributed by atoms with Crippen LogP contribution in [0.1, 0.15) is 44.6 Å². The molecule has 0 amide bonds. The van der Waals surface area contributed by atoms with Crippen LogP contribution in [-0.4, -0.2) is 19.0 Å². The van der Waals surface area contributed by atoms with Gasteiger partial charge in [0.25, 0.3) is 0 Å². The highest BCUT2D eigenvalue weighted by molar-refractivity contribution is 5.49. The first-order chi connectivity index (χ1) is 9.02. The predicted molar refractivity (Wildman–Crippen MR) is 76.0 cm³/mol. The van der Waals surface area contributed by atoms with E-state index >= 15 is 0 Å². The van der Waals surface area contributed by atoms with Crippen molar-refractivity contribution in [3.63, 3.8) is 0 Å². The summed E-state index contributed by atoms with van der Waals surface area (Å²) < 4.78 is 26.4. The Balaban J connectivity index is 2.03. The smallest absolute Gasteiger partial charge is 0.248 e. The number of hydrogen-bond donors (Lipinski definition) is 0. The van der Waals surface area contributed by atoms with Crippen LogP contribution in [0.15, 0.2) is 24.3 Å². The van der Waals surface area contributed by atoms with E-state index in [9.17, 15) is 8.78 Å². The molecule has 0 bridgehead atoms. The van der Waals surface area contributed by atoms with Gasteiger partial charge in [-0.1, -0.05) is 25.5 Å². The molecule has 0 radical (unpaired) electrons. The number of nitrogens with zero attached hydrogens (tertiary/aromatic N) is 1. The zero-order valence-electron chi connectivity index (χ0n) is 11.8. The maximum Gasteiger partial charge on any atom is 0.248 e. The molecule has 1 fully saturated rings. The van der Waals surface area contributed by atoms with Crippen LogP contribution < -0.4 is 4.90 Å². The van der Waals surface area contributed by atoms with E-state index < -0.39 is 5.92 Å². The zero-order valence-corrected chi connectivity index (χ0v) is 11.8. The van der Waals surface area contributed by atoms with Crippen molar-refractivity contribution in [3.05, 3.63) is 29.8 Å². The zero-order chi connectivity index (χ0) is 13.9. The SMILES string of the molecule is CCCc1cccc(N(C)C2CCC(F)(F)CC2)c1. The average molecular weight is 267 g/mol. The predicted octanol–water partition coefficient (Wildman–Crippen LogP) is 4.65. The lowest BCUT2D eigenvalue weighted by Crippen LogP contribution is -2.38. The molecule has 0 saturated heterocycles. The molecule has 3 heteroatoms. The van der Waals surface area contributed by atoms with Crippen LogP contribution in [0.5, 0.6) is 0 Å². The Bertz CT molecular complexity index is 407. The Kier molecular flexibility index (Phi) is 4.43. The van der Waals surface area contributed by atoms with Crippen molar-refractivity contribution in [1.82, 2.24) is 0 Å². The summed E-state index contributed by atoms with van der Waals surface area (Å²) in [4.78, 5) is 2.18. The van der Waals surface area contributed by atoms with Crippen molar-refractivity contribution >= 4 is 5.69 Å². The standard InChI is InChI=1S/C16H23F2N/c1-3-5-13-6-4-7-15(12-13)19(2)14-8-10-16(17,18)11-9-14/h4,6-7,12,14H,3,5,8-11H2,1-2H3. The van der Waals surface area contributed by atoms with Crippen LogP contribution in [0.2, 0.25) is 0 Å². The van der Waals surface area contributed by atoms with Crippen molar-refractivity contribution in [3.8, 4) is 0 Å². The van der Waals surface area contributed by atoms with Crippen LogP contribution in [-0.2, 0) is 6.42 Å². The monoisotopic (exact) mass is 267 g/mol. The van der Waals surface area contributed by atoms with Crippen molar-refractivity contribution in [2.75, 3.05) is 11.9 Å². The van der Waals surface area contributed by atoms with Crippen molar-refractivity contribution in [1.29, 1.82) is 0 Å². The molecule has 0 aromatic heterocycles. The largest absolute Gasteiger partial charge is 0.372 e. The molecule has 0 N–H and O–H groups in total. The summed E-state index contributed by atoms with van der Waals surface area (Å²) in [5.74, 6) is -2.44. The Morgan fingerprint density at radius 2 is 1.95 bits per heavy atom. The Morgan fingerprint density at radius 3 is 2.58 bits per heavy atom. The normalized spacial score (nSPS) is 19.4. The van der Waals surface area contributed by atoms with E-state index in [2.05, 4.69) is 36.1 Å². The molecular weight excluding hydrogens is 244 g/mol. The molecule has 1 aliphatic carbocycles. The number of rotatable bonds is 4. The Morgan fingerprint density at radius 1 is 1.26 bits per heavy atom. The molecule has 1 aromatic carbocycles. The lowest BCUT2D eigenvalue weighted by Gasteiger charge is -2.36. The third kappa shape index (κ3) is 3.68. The van der Waals surface area contributed by atoms with E-state index in [0.717, 1.165) is 18.5 Å². The van der Waals surface area contributed by atoms with Gasteiger partial charge in [-0.2, -0.15) is 0 Å². The van der Waals surface area contributed by atoms with E-state index in [-0.39, 0.29) is 18.9 Å². The van der Waals surface area contributed by atoms with E-state index in [4.69, 9.17) is 0 Å². The van der Waals surface area contributed by atoms with Crippen LogP contribution in [0.4, 0.5) is 14.5 Å². The molecule has 1 aromatic rings. The van der Waals surface area contributed by atoms with Crippen molar-refractivity contribution in [2.24, 2.45) is 0 Å². The first-order valence-corrected chi connectivity index (χ1v) is 7.21. The lowest BCUT2D eigenvalue weighted by atomic mass is 9.91. The summed E-state index contributed by atoms with van der Waals surface area (Å²) in [6.07, 6.45) is 3.42. The fourth-order valence-electron chi connectivity index (χ4n) is 2.84. The number of anilines is 1. The van der Waals surface area contributed by atoms with E-state index in [1.165, 1.54) is 5.56 Å². The van der Waals surface area contributed by atoms with Gasteiger partial charge in [-0.05, 0) is 37.0 Å². The number of benzene rings is 1. The molecule has 19 heavy (non-hydrogen) atoms. The third-order valence-corrected chi connectivity index (χ3v) is 4.09. The molecule has 0 unspecified atom stereocenters. The summed E-state index contributed by atoms with van der Waals surface area (Å²) in [5, 5.41) is 0. The highest BCUT2D eigenvalue weighted by atomic mass is 19.3. The maximum absolute atomic E-state index is 13.2. The summed E-state index contributed by atoms with van der Waals surface area (Å²) in [7, 11) is 2.03. The van der Waals surface area contributed by atoms with E-state index in [0.29, 0.717) is 12.8 Å². The summed E-state index contributed by atoms with van der Waals surface area (Å²) in [6.45, 7) is 2.17. The van der Waals surface area contributed by atoms with Gasteiger partial charge in [-0.3, -0.25) is 0 Å². The Labute approximate surface area is 114 Å². The molecule has 106 valence electrons. The highest BCUT2D eigenvalue weighted by Crippen LogP contribution is 2.36. The molecular formula is C16H23F2N. The van der Waals surface area contributed by atoms with E-state index in [1.54, 1.807) is 0 Å². The van der Waals surface area contributed by atoms with Gasteiger partial charge < -0.3 is 4.90 Å². The number of aryl methyl sites for hydroxylation is 1. The first-order valence-electron chi connectivity index (χ1n) is 7.21. The fourth-order valence-corrected chi connectivity index (χ4v) is 2.84. The van der Waals surface area contributed by atoms with Crippen molar-refractivity contribution in [2.45, 2.75) is 57.4 Å². The van der Waals surface area contributed by atoms with Gasteiger partial charge in [-0.15, -0.1) is 0 Å². The third-order valence-electron chi connectivity index (χ3n) is 4.09. The molecule has 1 saturated carbocycles. The van der Waals surface area contributed by atoms with Gasteiger partial charge in [0.2, 0.25) is 5.92 Å². The van der Waals surface area contributed by atoms with Gasteiger partial charge in [0, 0.05) is 31.6 Å². The molecule has 0 spiro atoms. The summed E-state index contributed by atoms with van der Waals surface area (Å²) in [6, 6.07) is 8.71. The van der Waals surface area contributed by atoms with Gasteiger partial charge in [0.1, 0.15) is 0 Å². The molecule has 2 rings (SSSR count). The second-order valence-electron chi connectivity index (χ2n) is 5.62. The van der Waals surface area contributed by atoms with Crippen LogP contribution >= 0.6 is 0 Å². The Hall–Kier alpha value is -1.12. The second-order valence-corrected chi connectivity index (χ2v) is 5.62. The quantitative estimate of drug-likeness (QED) is 0.767. The molecule has 1 nitrogen and oxygen atoms in total. The fraction of sp³-hybridized carbons (Fsp3) is 0.625. The summed E-state index contributed by atoms with van der Waals surface area (Å²) in [5.41, 5.74) is 2.48. The summed E-state index contributed by atoms with van der Waals surface area (Å²) >= 11 is 0. The molecule has 0 aliphatic heterocycles.